The second-order valence-electron chi connectivity index (χ2n) is 7.47. The first-order valence-electron chi connectivity index (χ1n) is 11.3. The minimum atomic E-state index is -0.515. The smallest absolute Gasteiger partial charge is 0.273 e. The number of rotatable bonds is 15. The minimum absolute atomic E-state index is 0.00422. The number of nitrogens with zero attached hydrogens (tertiary/aromatic N) is 3. The van der Waals surface area contributed by atoms with Crippen molar-refractivity contribution in [3.63, 3.8) is 0 Å². The molecule has 11 nitrogen and oxygen atoms in total. The predicted molar refractivity (Wildman–Crippen MR) is 124 cm³/mol. The number of benzene rings is 1. The van der Waals surface area contributed by atoms with Gasteiger partial charge < -0.3 is 24.1 Å². The molecular weight excluding hydrogens is 444 g/mol. The van der Waals surface area contributed by atoms with Crippen molar-refractivity contribution in [2.45, 2.75) is 40.2 Å². The van der Waals surface area contributed by atoms with Crippen molar-refractivity contribution in [3.8, 4) is 0 Å². The van der Waals surface area contributed by atoms with Crippen molar-refractivity contribution in [1.82, 2.24) is 15.2 Å². The molecule has 0 unspecified atom stereocenters. The number of hydrogen-bond donors (Lipinski definition) is 1. The van der Waals surface area contributed by atoms with Gasteiger partial charge in [0.1, 0.15) is 6.26 Å². The van der Waals surface area contributed by atoms with Crippen molar-refractivity contribution in [1.29, 1.82) is 0 Å². The molecule has 0 aliphatic rings. The number of amides is 2. The molecule has 2 aromatic rings. The third kappa shape index (κ3) is 8.23. The van der Waals surface area contributed by atoms with E-state index < -0.39 is 10.8 Å². The first kappa shape index (κ1) is 26.9. The van der Waals surface area contributed by atoms with Crippen molar-refractivity contribution < 1.29 is 28.4 Å². The summed E-state index contributed by atoms with van der Waals surface area (Å²) in [5.74, 6) is -0.597. The fraction of sp³-hybridized carbons (Fsp3) is 0.522. The predicted octanol–water partition coefficient (Wildman–Crippen LogP) is 3.12. The molecule has 1 N–H and O–H groups in total. The van der Waals surface area contributed by atoms with E-state index in [0.717, 1.165) is 0 Å². The van der Waals surface area contributed by atoms with Crippen LogP contribution in [0.3, 0.4) is 0 Å². The number of aryl methyl sites for hydroxylation is 1. The number of nitro benzene ring substituents is 1. The number of hydrogen-bond acceptors (Lipinski definition) is 8. The molecule has 0 aliphatic carbocycles. The van der Waals surface area contributed by atoms with Crippen LogP contribution in [0.25, 0.3) is 0 Å². The molecule has 1 heterocycles. The Bertz CT molecular complexity index is 961. The molecule has 186 valence electrons. The molecule has 0 saturated heterocycles. The first-order valence-corrected chi connectivity index (χ1v) is 11.3. The zero-order chi connectivity index (χ0) is 24.9. The Morgan fingerprint density at radius 2 is 1.88 bits per heavy atom. The molecule has 0 atom stereocenters. The van der Waals surface area contributed by atoms with Crippen LogP contribution in [0.1, 0.15) is 59.0 Å². The van der Waals surface area contributed by atoms with Gasteiger partial charge in [0.05, 0.1) is 11.5 Å². The van der Waals surface area contributed by atoms with E-state index in [4.69, 9.17) is 13.9 Å². The molecule has 0 radical (unpaired) electrons. The van der Waals surface area contributed by atoms with Gasteiger partial charge in [0.25, 0.3) is 17.5 Å². The highest BCUT2D eigenvalue weighted by molar-refractivity contribution is 5.95. The Morgan fingerprint density at radius 3 is 2.56 bits per heavy atom. The number of carbonyl (C=O) groups excluding carboxylic acids is 2. The summed E-state index contributed by atoms with van der Waals surface area (Å²) in [6.07, 6.45) is 2.48. The largest absolute Gasteiger partial charge is 0.446 e. The highest BCUT2D eigenvalue weighted by Gasteiger charge is 2.22. The van der Waals surface area contributed by atoms with Gasteiger partial charge in [0, 0.05) is 56.7 Å². The van der Waals surface area contributed by atoms with Gasteiger partial charge in [-0.2, -0.15) is 0 Å². The van der Waals surface area contributed by atoms with Crippen LogP contribution in [0.4, 0.5) is 5.69 Å². The Balaban J connectivity index is 2.10. The molecule has 1 aromatic carbocycles. The number of ether oxygens (including phenoxy) is 2. The topological polar surface area (TPSA) is 137 Å². The Hall–Kier alpha value is -3.31. The van der Waals surface area contributed by atoms with E-state index in [1.807, 2.05) is 13.8 Å². The molecule has 0 saturated carbocycles. The van der Waals surface area contributed by atoms with Crippen molar-refractivity contribution >= 4 is 17.5 Å². The standard InChI is InChI=1S/C23H32N4O7/c1-4-32-12-6-10-24-22(28)19-16-34-21(25-19)15-26(11-7-13-33-5-2)23(29)18-9-8-17(3)20(14-18)27(30)31/h8-9,14,16H,4-7,10-13,15H2,1-3H3,(H,24,28). The van der Waals surface area contributed by atoms with E-state index in [1.54, 1.807) is 19.1 Å². The van der Waals surface area contributed by atoms with E-state index in [0.29, 0.717) is 57.9 Å². The summed E-state index contributed by atoms with van der Waals surface area (Å²) >= 11 is 0. The lowest BCUT2D eigenvalue weighted by Crippen LogP contribution is -2.32. The first-order chi connectivity index (χ1) is 16.4. The molecule has 34 heavy (non-hydrogen) atoms. The molecule has 2 amide bonds. The van der Waals surface area contributed by atoms with Gasteiger partial charge in [-0.1, -0.05) is 6.07 Å². The summed E-state index contributed by atoms with van der Waals surface area (Å²) in [6.45, 7) is 8.35. The minimum Gasteiger partial charge on any atom is -0.446 e. The second kappa shape index (κ2) is 14.1. The maximum Gasteiger partial charge on any atom is 0.273 e. The summed E-state index contributed by atoms with van der Waals surface area (Å²) < 4.78 is 16.0. The van der Waals surface area contributed by atoms with E-state index in [-0.39, 0.29) is 35.3 Å². The zero-order valence-electron chi connectivity index (χ0n) is 19.9. The monoisotopic (exact) mass is 476 g/mol. The number of carbonyl (C=O) groups is 2. The molecular formula is C23H32N4O7. The highest BCUT2D eigenvalue weighted by Crippen LogP contribution is 2.21. The Kier molecular flexibility index (Phi) is 11.1. The van der Waals surface area contributed by atoms with E-state index in [9.17, 15) is 19.7 Å². The lowest BCUT2D eigenvalue weighted by Gasteiger charge is -2.21. The number of oxazole rings is 1. The Morgan fingerprint density at radius 1 is 1.18 bits per heavy atom. The van der Waals surface area contributed by atoms with Crippen molar-refractivity contribution in [3.05, 3.63) is 57.3 Å². The maximum absolute atomic E-state index is 13.2. The summed E-state index contributed by atoms with van der Waals surface area (Å²) in [4.78, 5) is 41.9. The van der Waals surface area contributed by atoms with Crippen LogP contribution in [-0.4, -0.2) is 66.1 Å². The number of nitrogens with one attached hydrogen (secondary N) is 1. The average Bonchev–Trinajstić information content (AvgIpc) is 3.29. The summed E-state index contributed by atoms with van der Waals surface area (Å²) in [5, 5.41) is 14.0. The van der Waals surface area contributed by atoms with Gasteiger partial charge in [0.2, 0.25) is 5.89 Å². The van der Waals surface area contributed by atoms with Gasteiger partial charge in [-0.15, -0.1) is 0 Å². The lowest BCUT2D eigenvalue weighted by atomic mass is 10.1. The van der Waals surface area contributed by atoms with Crippen LogP contribution in [0.2, 0.25) is 0 Å². The SMILES string of the molecule is CCOCCCNC(=O)c1coc(CN(CCCOCC)C(=O)c2ccc(C)c([N+](=O)[O-])c2)n1. The van der Waals surface area contributed by atoms with E-state index >= 15 is 0 Å². The van der Waals surface area contributed by atoms with Crippen LogP contribution in [0.5, 0.6) is 0 Å². The van der Waals surface area contributed by atoms with Crippen LogP contribution >= 0.6 is 0 Å². The summed E-state index contributed by atoms with van der Waals surface area (Å²) in [7, 11) is 0. The second-order valence-corrected chi connectivity index (χ2v) is 7.47. The quantitative estimate of drug-likeness (QED) is 0.235. The molecule has 0 spiro atoms. The van der Waals surface area contributed by atoms with Crippen LogP contribution < -0.4 is 5.32 Å². The highest BCUT2D eigenvalue weighted by atomic mass is 16.6. The third-order valence-corrected chi connectivity index (χ3v) is 4.93. The van der Waals surface area contributed by atoms with Gasteiger partial charge in [-0.25, -0.2) is 4.98 Å². The normalized spacial score (nSPS) is 10.8. The van der Waals surface area contributed by atoms with Crippen LogP contribution in [0, 0.1) is 17.0 Å². The summed E-state index contributed by atoms with van der Waals surface area (Å²) in [5.41, 5.74) is 0.639. The van der Waals surface area contributed by atoms with Gasteiger partial charge in [0.15, 0.2) is 5.69 Å². The Labute approximate surface area is 198 Å². The zero-order valence-corrected chi connectivity index (χ0v) is 19.9. The van der Waals surface area contributed by atoms with E-state index in [2.05, 4.69) is 10.3 Å². The summed E-state index contributed by atoms with van der Waals surface area (Å²) in [6, 6.07) is 4.36. The van der Waals surface area contributed by atoms with Crippen LogP contribution in [0.15, 0.2) is 28.9 Å². The fourth-order valence-corrected chi connectivity index (χ4v) is 3.14. The van der Waals surface area contributed by atoms with Gasteiger partial charge >= 0.3 is 0 Å². The molecule has 0 aliphatic heterocycles. The lowest BCUT2D eigenvalue weighted by molar-refractivity contribution is -0.385. The number of nitro groups is 1. The van der Waals surface area contributed by atoms with Crippen molar-refractivity contribution in [2.75, 3.05) is 39.5 Å². The van der Waals surface area contributed by atoms with Gasteiger partial charge in [-0.05, 0) is 39.7 Å². The molecule has 0 fully saturated rings. The average molecular weight is 477 g/mol. The molecule has 2 rings (SSSR count). The molecule has 11 heteroatoms. The fourth-order valence-electron chi connectivity index (χ4n) is 3.14. The van der Waals surface area contributed by atoms with Crippen LogP contribution in [-0.2, 0) is 16.0 Å². The van der Waals surface area contributed by atoms with Crippen molar-refractivity contribution in [2.24, 2.45) is 0 Å². The molecule has 0 bridgehead atoms. The molecule has 1 aromatic heterocycles. The van der Waals surface area contributed by atoms with Gasteiger partial charge in [-0.3, -0.25) is 19.7 Å². The third-order valence-electron chi connectivity index (χ3n) is 4.93. The van der Waals surface area contributed by atoms with E-state index in [1.165, 1.54) is 17.2 Å². The maximum atomic E-state index is 13.2. The number of aromatic nitrogens is 1.